The van der Waals surface area contributed by atoms with Gasteiger partial charge in [0.25, 0.3) is 0 Å². The standard InChI is InChI=1S/C26H32N4O2/c1-18(14-29-17-28-7)26(31,24(2,3)4)23-12-9-19(15-30-23)21-11-10-20(13-22(21)32-8)25(5,6)16-27/h9-15,17,31H,7H2,1-6,8H3/b18-14+,29-17-. The molecular weight excluding hydrogens is 400 g/mol. The van der Waals surface area contributed by atoms with Gasteiger partial charge in [-0.25, -0.2) is 4.99 Å². The zero-order valence-corrected chi connectivity index (χ0v) is 20.0. The summed E-state index contributed by atoms with van der Waals surface area (Å²) >= 11 is 0. The minimum atomic E-state index is -1.34. The van der Waals surface area contributed by atoms with Crippen molar-refractivity contribution in [2.24, 2.45) is 15.4 Å². The van der Waals surface area contributed by atoms with Crippen molar-refractivity contribution >= 4 is 13.1 Å². The van der Waals surface area contributed by atoms with E-state index < -0.39 is 16.4 Å². The molecule has 0 fully saturated rings. The van der Waals surface area contributed by atoms with Gasteiger partial charge < -0.3 is 9.84 Å². The molecule has 1 heterocycles. The van der Waals surface area contributed by atoms with Crippen molar-refractivity contribution in [3.8, 4) is 22.9 Å². The molecule has 1 aromatic carbocycles. The van der Waals surface area contributed by atoms with E-state index in [2.05, 4.69) is 27.8 Å². The summed E-state index contributed by atoms with van der Waals surface area (Å²) in [5.74, 6) is 0.661. The normalized spacial score (nSPS) is 14.7. The zero-order valence-electron chi connectivity index (χ0n) is 20.0. The lowest BCUT2D eigenvalue weighted by atomic mass is 9.70. The number of ether oxygens (including phenoxy) is 1. The smallest absolute Gasteiger partial charge is 0.134 e. The zero-order chi connectivity index (χ0) is 24.2. The minimum absolute atomic E-state index is 0.519. The van der Waals surface area contributed by atoms with Crippen LogP contribution in [0.1, 0.15) is 52.8 Å². The number of methoxy groups -OCH3 is 1. The summed E-state index contributed by atoms with van der Waals surface area (Å²) in [6.07, 6.45) is 4.63. The van der Waals surface area contributed by atoms with E-state index in [-0.39, 0.29) is 0 Å². The van der Waals surface area contributed by atoms with Gasteiger partial charge in [0.1, 0.15) is 17.7 Å². The highest BCUT2D eigenvalue weighted by Crippen LogP contribution is 2.44. The van der Waals surface area contributed by atoms with Gasteiger partial charge in [0.15, 0.2) is 0 Å². The van der Waals surface area contributed by atoms with Gasteiger partial charge in [-0.1, -0.05) is 39.0 Å². The Hall–Kier alpha value is -3.30. The fourth-order valence-corrected chi connectivity index (χ4v) is 3.61. The van der Waals surface area contributed by atoms with E-state index in [1.165, 1.54) is 6.34 Å². The van der Waals surface area contributed by atoms with Gasteiger partial charge in [-0.3, -0.25) is 9.98 Å². The van der Waals surface area contributed by atoms with Crippen molar-refractivity contribution < 1.29 is 9.84 Å². The molecule has 0 aliphatic rings. The first-order chi connectivity index (χ1) is 14.9. The molecule has 1 aromatic heterocycles. The maximum atomic E-state index is 11.7. The lowest BCUT2D eigenvalue weighted by molar-refractivity contribution is -0.0334. The second-order valence-corrected chi connectivity index (χ2v) is 9.30. The summed E-state index contributed by atoms with van der Waals surface area (Å²) in [7, 11) is 1.61. The molecule has 1 N–H and O–H groups in total. The summed E-state index contributed by atoms with van der Waals surface area (Å²) < 4.78 is 5.60. The number of nitriles is 1. The van der Waals surface area contributed by atoms with Crippen LogP contribution in [0.3, 0.4) is 0 Å². The number of hydrogen-bond donors (Lipinski definition) is 1. The van der Waals surface area contributed by atoms with Gasteiger partial charge in [0.2, 0.25) is 0 Å². The van der Waals surface area contributed by atoms with Crippen molar-refractivity contribution in [3.05, 3.63) is 59.6 Å². The van der Waals surface area contributed by atoms with Crippen LogP contribution < -0.4 is 4.74 Å². The highest BCUT2D eigenvalue weighted by molar-refractivity contribution is 5.71. The summed E-state index contributed by atoms with van der Waals surface area (Å²) in [5.41, 5.74) is 1.25. The van der Waals surface area contributed by atoms with Crippen LogP contribution in [0, 0.1) is 16.7 Å². The van der Waals surface area contributed by atoms with Gasteiger partial charge in [0.05, 0.1) is 24.3 Å². The lowest BCUT2D eigenvalue weighted by Gasteiger charge is -2.40. The average Bonchev–Trinajstić information content (AvgIpc) is 2.77. The molecule has 0 bridgehead atoms. The molecule has 2 aromatic rings. The van der Waals surface area contributed by atoms with E-state index in [1.54, 1.807) is 19.5 Å². The first-order valence-corrected chi connectivity index (χ1v) is 10.4. The molecule has 0 saturated heterocycles. The van der Waals surface area contributed by atoms with E-state index in [0.29, 0.717) is 17.0 Å². The van der Waals surface area contributed by atoms with Crippen LogP contribution >= 0.6 is 0 Å². The molecule has 2 rings (SSSR count). The fourth-order valence-electron chi connectivity index (χ4n) is 3.61. The van der Waals surface area contributed by atoms with Crippen LogP contribution in [0.15, 0.2) is 58.3 Å². The number of rotatable bonds is 7. The highest BCUT2D eigenvalue weighted by Gasteiger charge is 2.44. The van der Waals surface area contributed by atoms with Crippen LogP contribution in [0.25, 0.3) is 11.1 Å². The van der Waals surface area contributed by atoms with Crippen LogP contribution in [-0.2, 0) is 11.0 Å². The second-order valence-electron chi connectivity index (χ2n) is 9.30. The van der Waals surface area contributed by atoms with Crippen LogP contribution in [0.2, 0.25) is 0 Å². The van der Waals surface area contributed by atoms with E-state index in [4.69, 9.17) is 4.74 Å². The number of aromatic nitrogens is 1. The molecule has 6 nitrogen and oxygen atoms in total. The van der Waals surface area contributed by atoms with Crippen molar-refractivity contribution in [1.82, 2.24) is 4.98 Å². The summed E-state index contributed by atoms with van der Waals surface area (Å²) in [5, 5.41) is 21.1. The molecule has 168 valence electrons. The van der Waals surface area contributed by atoms with Gasteiger partial charge >= 0.3 is 0 Å². The van der Waals surface area contributed by atoms with Gasteiger partial charge in [0, 0.05) is 28.9 Å². The predicted molar refractivity (Wildman–Crippen MR) is 130 cm³/mol. The Morgan fingerprint density at radius 3 is 2.38 bits per heavy atom. The summed E-state index contributed by atoms with van der Waals surface area (Å²) in [4.78, 5) is 12.3. The minimum Gasteiger partial charge on any atom is -0.496 e. The Labute approximate surface area is 191 Å². The van der Waals surface area contributed by atoms with Gasteiger partial charge in [-0.2, -0.15) is 5.26 Å². The number of hydrogen-bond acceptors (Lipinski definition) is 5. The Balaban J connectivity index is 2.54. The van der Waals surface area contributed by atoms with E-state index >= 15 is 0 Å². The third-order valence-electron chi connectivity index (χ3n) is 5.72. The van der Waals surface area contributed by atoms with Crippen LogP contribution in [0.5, 0.6) is 5.75 Å². The second kappa shape index (κ2) is 9.46. The van der Waals surface area contributed by atoms with E-state index in [0.717, 1.165) is 16.7 Å². The molecule has 0 amide bonds. The molecule has 0 spiro atoms. The quantitative estimate of drug-likeness (QED) is 0.467. The molecule has 0 saturated carbocycles. The van der Waals surface area contributed by atoms with Crippen molar-refractivity contribution in [1.29, 1.82) is 5.26 Å². The average molecular weight is 433 g/mol. The van der Waals surface area contributed by atoms with E-state index in [1.807, 2.05) is 71.9 Å². The number of nitrogens with zero attached hydrogens (tertiary/aromatic N) is 4. The third kappa shape index (κ3) is 4.79. The first-order valence-electron chi connectivity index (χ1n) is 10.4. The molecule has 1 atom stereocenters. The summed E-state index contributed by atoms with van der Waals surface area (Å²) in [6, 6.07) is 11.8. The Morgan fingerprint density at radius 2 is 1.88 bits per heavy atom. The van der Waals surface area contributed by atoms with Crippen molar-refractivity contribution in [2.75, 3.05) is 7.11 Å². The molecule has 0 radical (unpaired) electrons. The molecular formula is C26H32N4O2. The highest BCUT2D eigenvalue weighted by atomic mass is 16.5. The Bertz CT molecular complexity index is 1070. The fraction of sp³-hybridized carbons (Fsp3) is 0.385. The maximum absolute atomic E-state index is 11.7. The molecule has 6 heteroatoms. The monoisotopic (exact) mass is 432 g/mol. The molecule has 32 heavy (non-hydrogen) atoms. The third-order valence-corrected chi connectivity index (χ3v) is 5.72. The number of aliphatic imine (C=N–C) groups is 2. The van der Waals surface area contributed by atoms with Crippen LogP contribution in [0.4, 0.5) is 0 Å². The number of aliphatic hydroxyl groups is 1. The Kier molecular flexibility index (Phi) is 7.38. The predicted octanol–water partition coefficient (Wildman–Crippen LogP) is 5.42. The maximum Gasteiger partial charge on any atom is 0.134 e. The molecule has 0 aliphatic heterocycles. The van der Waals surface area contributed by atoms with Gasteiger partial charge in [-0.05, 0) is 50.8 Å². The number of benzene rings is 1. The number of pyridine rings is 1. The van der Waals surface area contributed by atoms with Crippen LogP contribution in [-0.4, -0.2) is 30.3 Å². The molecule has 1 unspecified atom stereocenters. The van der Waals surface area contributed by atoms with Crippen molar-refractivity contribution in [2.45, 2.75) is 52.6 Å². The first kappa shape index (κ1) is 25.0. The summed E-state index contributed by atoms with van der Waals surface area (Å²) in [6.45, 7) is 14.8. The van der Waals surface area contributed by atoms with Crippen molar-refractivity contribution in [3.63, 3.8) is 0 Å². The Morgan fingerprint density at radius 1 is 1.19 bits per heavy atom. The lowest BCUT2D eigenvalue weighted by Crippen LogP contribution is -2.42. The van der Waals surface area contributed by atoms with E-state index in [9.17, 15) is 10.4 Å². The van der Waals surface area contributed by atoms with Gasteiger partial charge in [-0.15, -0.1) is 0 Å². The molecule has 0 aliphatic carbocycles. The SMILES string of the molecule is C=N/C=N\C=C(/C)C(O)(c1ccc(-c2ccc(C(C)(C)C#N)cc2OC)cn1)C(C)(C)C. The largest absolute Gasteiger partial charge is 0.496 e. The topological polar surface area (TPSA) is 90.9 Å².